The molecule has 0 aliphatic heterocycles. The standard InChI is InChI=1S/C17H18O3S/c1-11-9-15(12(2)21-11)16(18)7-5-13-10-14(19-3)6-8-17(13)20-4/h5-10H,1-4H3/b7-5+. The molecule has 0 bridgehead atoms. The van der Waals surface area contributed by atoms with Crippen molar-refractivity contribution in [3.8, 4) is 11.5 Å². The van der Waals surface area contributed by atoms with Crippen LogP contribution in [0.4, 0.5) is 0 Å². The van der Waals surface area contributed by atoms with E-state index in [0.29, 0.717) is 5.75 Å². The maximum absolute atomic E-state index is 12.3. The number of ether oxygens (including phenoxy) is 2. The summed E-state index contributed by atoms with van der Waals surface area (Å²) < 4.78 is 10.5. The highest BCUT2D eigenvalue weighted by Crippen LogP contribution is 2.26. The van der Waals surface area contributed by atoms with Gasteiger partial charge in [-0.3, -0.25) is 4.79 Å². The molecule has 0 unspecified atom stereocenters. The summed E-state index contributed by atoms with van der Waals surface area (Å²) >= 11 is 1.63. The van der Waals surface area contributed by atoms with Crippen LogP contribution in [0.1, 0.15) is 25.7 Å². The monoisotopic (exact) mass is 302 g/mol. The van der Waals surface area contributed by atoms with Gasteiger partial charge >= 0.3 is 0 Å². The second-order valence-electron chi connectivity index (χ2n) is 4.63. The van der Waals surface area contributed by atoms with Crippen molar-refractivity contribution in [2.45, 2.75) is 13.8 Å². The highest BCUT2D eigenvalue weighted by atomic mass is 32.1. The Morgan fingerprint density at radius 3 is 2.48 bits per heavy atom. The fraction of sp³-hybridized carbons (Fsp3) is 0.235. The van der Waals surface area contributed by atoms with Crippen LogP contribution >= 0.6 is 11.3 Å². The Balaban J connectivity index is 2.28. The molecule has 2 aromatic rings. The van der Waals surface area contributed by atoms with Crippen LogP contribution in [-0.4, -0.2) is 20.0 Å². The molecular formula is C17H18O3S. The summed E-state index contributed by atoms with van der Waals surface area (Å²) in [5, 5.41) is 0. The van der Waals surface area contributed by atoms with E-state index in [1.165, 1.54) is 0 Å². The van der Waals surface area contributed by atoms with Gasteiger partial charge < -0.3 is 9.47 Å². The van der Waals surface area contributed by atoms with Crippen LogP contribution in [0.25, 0.3) is 6.08 Å². The zero-order valence-corrected chi connectivity index (χ0v) is 13.4. The van der Waals surface area contributed by atoms with Crippen molar-refractivity contribution in [2.24, 2.45) is 0 Å². The summed E-state index contributed by atoms with van der Waals surface area (Å²) in [6.07, 6.45) is 3.34. The van der Waals surface area contributed by atoms with Gasteiger partial charge in [-0.05, 0) is 50.3 Å². The van der Waals surface area contributed by atoms with E-state index >= 15 is 0 Å². The predicted molar refractivity (Wildman–Crippen MR) is 86.7 cm³/mol. The van der Waals surface area contributed by atoms with E-state index in [-0.39, 0.29) is 5.78 Å². The number of rotatable bonds is 5. The lowest BCUT2D eigenvalue weighted by Crippen LogP contribution is -1.94. The van der Waals surface area contributed by atoms with Gasteiger partial charge in [0.05, 0.1) is 14.2 Å². The van der Waals surface area contributed by atoms with Crippen LogP contribution in [-0.2, 0) is 0 Å². The van der Waals surface area contributed by atoms with E-state index in [4.69, 9.17) is 9.47 Å². The van der Waals surface area contributed by atoms with Crippen molar-refractivity contribution in [2.75, 3.05) is 14.2 Å². The summed E-state index contributed by atoms with van der Waals surface area (Å²) in [6, 6.07) is 7.41. The second-order valence-corrected chi connectivity index (χ2v) is 6.09. The molecule has 110 valence electrons. The van der Waals surface area contributed by atoms with Gasteiger partial charge in [-0.15, -0.1) is 11.3 Å². The maximum atomic E-state index is 12.3. The van der Waals surface area contributed by atoms with E-state index in [1.54, 1.807) is 37.7 Å². The molecule has 0 atom stereocenters. The first-order valence-corrected chi connectivity index (χ1v) is 7.38. The quantitative estimate of drug-likeness (QED) is 0.611. The smallest absolute Gasteiger partial charge is 0.186 e. The number of carbonyl (C=O) groups excluding carboxylic acids is 1. The molecule has 1 aromatic heterocycles. The fourth-order valence-electron chi connectivity index (χ4n) is 2.10. The number of benzene rings is 1. The van der Waals surface area contributed by atoms with Crippen LogP contribution in [0.2, 0.25) is 0 Å². The van der Waals surface area contributed by atoms with Gasteiger partial charge in [0.25, 0.3) is 0 Å². The van der Waals surface area contributed by atoms with Crippen LogP contribution < -0.4 is 9.47 Å². The van der Waals surface area contributed by atoms with Gasteiger partial charge in [-0.1, -0.05) is 0 Å². The molecule has 0 fully saturated rings. The van der Waals surface area contributed by atoms with Crippen LogP contribution in [0.3, 0.4) is 0 Å². The molecular weight excluding hydrogens is 284 g/mol. The second kappa shape index (κ2) is 6.59. The minimum atomic E-state index is 0.00160. The molecule has 3 nitrogen and oxygen atoms in total. The molecule has 0 aliphatic carbocycles. The molecule has 0 radical (unpaired) electrons. The third-order valence-corrected chi connectivity index (χ3v) is 4.12. The van der Waals surface area contributed by atoms with Crippen LogP contribution in [0, 0.1) is 13.8 Å². The summed E-state index contributed by atoms with van der Waals surface area (Å²) in [6.45, 7) is 3.97. The Morgan fingerprint density at radius 2 is 1.90 bits per heavy atom. The lowest BCUT2D eigenvalue weighted by Gasteiger charge is -2.07. The van der Waals surface area contributed by atoms with Crippen molar-refractivity contribution in [1.82, 2.24) is 0 Å². The number of thiophene rings is 1. The molecule has 0 spiro atoms. The summed E-state index contributed by atoms with van der Waals surface area (Å²) in [5.41, 5.74) is 1.57. The van der Waals surface area contributed by atoms with E-state index in [9.17, 15) is 4.79 Å². The topological polar surface area (TPSA) is 35.5 Å². The van der Waals surface area contributed by atoms with Crippen molar-refractivity contribution < 1.29 is 14.3 Å². The predicted octanol–water partition coefficient (Wildman–Crippen LogP) is 4.28. The zero-order chi connectivity index (χ0) is 15.4. The Hall–Kier alpha value is -2.07. The summed E-state index contributed by atoms with van der Waals surface area (Å²) in [7, 11) is 3.21. The molecule has 0 saturated heterocycles. The van der Waals surface area contributed by atoms with Crippen LogP contribution in [0.5, 0.6) is 11.5 Å². The highest BCUT2D eigenvalue weighted by molar-refractivity contribution is 7.12. The largest absolute Gasteiger partial charge is 0.497 e. The Morgan fingerprint density at radius 1 is 1.14 bits per heavy atom. The minimum absolute atomic E-state index is 0.00160. The molecule has 1 heterocycles. The number of hydrogen-bond donors (Lipinski definition) is 0. The molecule has 21 heavy (non-hydrogen) atoms. The Kier molecular flexibility index (Phi) is 4.81. The van der Waals surface area contributed by atoms with Gasteiger partial charge in [0.1, 0.15) is 11.5 Å². The first kappa shape index (κ1) is 15.3. The number of carbonyl (C=O) groups is 1. The first-order chi connectivity index (χ1) is 10.0. The zero-order valence-electron chi connectivity index (χ0n) is 12.6. The van der Waals surface area contributed by atoms with Crippen LogP contribution in [0.15, 0.2) is 30.3 Å². The van der Waals surface area contributed by atoms with E-state index < -0.39 is 0 Å². The maximum Gasteiger partial charge on any atom is 0.186 e. The average Bonchev–Trinajstić information content (AvgIpc) is 2.83. The number of hydrogen-bond acceptors (Lipinski definition) is 4. The molecule has 1 aromatic carbocycles. The minimum Gasteiger partial charge on any atom is -0.497 e. The third kappa shape index (κ3) is 3.52. The Labute approximate surface area is 128 Å². The molecule has 0 saturated carbocycles. The van der Waals surface area contributed by atoms with Gasteiger partial charge in [0.2, 0.25) is 0 Å². The van der Waals surface area contributed by atoms with Gasteiger partial charge in [-0.2, -0.15) is 0 Å². The number of aryl methyl sites for hydroxylation is 2. The number of ketones is 1. The van der Waals surface area contributed by atoms with Crippen molar-refractivity contribution in [1.29, 1.82) is 0 Å². The normalized spacial score (nSPS) is 10.9. The molecule has 0 amide bonds. The van der Waals surface area contributed by atoms with Crippen molar-refractivity contribution >= 4 is 23.2 Å². The van der Waals surface area contributed by atoms with Gasteiger partial charge in [-0.25, -0.2) is 0 Å². The summed E-state index contributed by atoms with van der Waals surface area (Å²) in [4.78, 5) is 14.4. The lowest BCUT2D eigenvalue weighted by atomic mass is 10.1. The fourth-order valence-corrected chi connectivity index (χ4v) is 3.03. The van der Waals surface area contributed by atoms with E-state index in [2.05, 4.69) is 0 Å². The SMILES string of the molecule is COc1ccc(OC)c(/C=C/C(=O)c2cc(C)sc2C)c1. The average molecular weight is 302 g/mol. The van der Waals surface area contributed by atoms with E-state index in [0.717, 1.165) is 26.6 Å². The van der Waals surface area contributed by atoms with Gasteiger partial charge in [0.15, 0.2) is 5.78 Å². The molecule has 2 rings (SSSR count). The van der Waals surface area contributed by atoms with Gasteiger partial charge in [0, 0.05) is 20.9 Å². The van der Waals surface area contributed by atoms with Crippen molar-refractivity contribution in [3.63, 3.8) is 0 Å². The summed E-state index contributed by atoms with van der Waals surface area (Å²) in [5.74, 6) is 1.44. The lowest BCUT2D eigenvalue weighted by molar-refractivity contribution is 0.104. The number of methoxy groups -OCH3 is 2. The molecule has 0 aliphatic rings. The number of allylic oxidation sites excluding steroid dienone is 1. The third-order valence-electron chi connectivity index (χ3n) is 3.16. The highest BCUT2D eigenvalue weighted by Gasteiger charge is 2.09. The van der Waals surface area contributed by atoms with Crippen molar-refractivity contribution in [3.05, 3.63) is 51.2 Å². The van der Waals surface area contributed by atoms with E-state index in [1.807, 2.05) is 38.1 Å². The Bertz CT molecular complexity index is 683. The molecule has 4 heteroatoms. The molecule has 0 N–H and O–H groups in total. The first-order valence-electron chi connectivity index (χ1n) is 6.56.